The van der Waals surface area contributed by atoms with E-state index >= 15 is 0 Å². The number of anilines is 1. The number of amides is 2. The molecule has 1 atom stereocenters. The van der Waals surface area contributed by atoms with Gasteiger partial charge in [0.1, 0.15) is 17.2 Å². The summed E-state index contributed by atoms with van der Waals surface area (Å²) in [7, 11) is 4.85. The van der Waals surface area contributed by atoms with Crippen molar-refractivity contribution in [2.45, 2.75) is 19.6 Å². The average molecular weight is 520 g/mol. The van der Waals surface area contributed by atoms with Crippen LogP contribution >= 0.6 is 0 Å². The molecule has 8 nitrogen and oxygen atoms in total. The summed E-state index contributed by atoms with van der Waals surface area (Å²) in [6.07, 6.45) is -0.132. The molecule has 0 unspecified atom stereocenters. The van der Waals surface area contributed by atoms with E-state index in [0.717, 1.165) is 36.5 Å². The molecule has 3 aromatic carbocycles. The SMILES string of the molecule is COc1cccc([C@H](CN2CCN(C(=O)Nc3cc(OC)ccc3OC)CC2)OCc2ccc(C)cc2)c1. The number of carbonyl (C=O) groups is 1. The van der Waals surface area contributed by atoms with Gasteiger partial charge in [0.2, 0.25) is 0 Å². The zero-order valence-corrected chi connectivity index (χ0v) is 22.6. The Morgan fingerprint density at radius 1 is 0.868 bits per heavy atom. The lowest BCUT2D eigenvalue weighted by Crippen LogP contribution is -2.50. The number of urea groups is 1. The Hall–Kier alpha value is -3.75. The first-order valence-electron chi connectivity index (χ1n) is 12.8. The van der Waals surface area contributed by atoms with Crippen LogP contribution in [0.3, 0.4) is 0 Å². The molecule has 202 valence electrons. The van der Waals surface area contributed by atoms with Crippen LogP contribution in [-0.4, -0.2) is 69.9 Å². The van der Waals surface area contributed by atoms with Gasteiger partial charge in [0.15, 0.2) is 0 Å². The maximum Gasteiger partial charge on any atom is 0.322 e. The van der Waals surface area contributed by atoms with E-state index in [2.05, 4.69) is 47.5 Å². The number of rotatable bonds is 10. The van der Waals surface area contributed by atoms with Crippen LogP contribution in [0.2, 0.25) is 0 Å². The number of ether oxygens (including phenoxy) is 4. The molecule has 1 aliphatic rings. The second-order valence-corrected chi connectivity index (χ2v) is 9.35. The van der Waals surface area contributed by atoms with E-state index in [1.54, 1.807) is 39.5 Å². The highest BCUT2D eigenvalue weighted by Gasteiger charge is 2.25. The molecule has 1 fully saturated rings. The van der Waals surface area contributed by atoms with Gasteiger partial charge in [0, 0.05) is 38.8 Å². The lowest BCUT2D eigenvalue weighted by molar-refractivity contribution is 0.00584. The number of carbonyl (C=O) groups excluding carboxylic acids is 1. The zero-order chi connectivity index (χ0) is 26.9. The Morgan fingerprint density at radius 2 is 1.58 bits per heavy atom. The number of hydrogen-bond acceptors (Lipinski definition) is 6. The summed E-state index contributed by atoms with van der Waals surface area (Å²) in [5, 5.41) is 2.97. The second kappa shape index (κ2) is 13.2. The summed E-state index contributed by atoms with van der Waals surface area (Å²) in [6, 6.07) is 21.6. The molecule has 1 saturated heterocycles. The number of hydrogen-bond donors (Lipinski definition) is 1. The molecule has 4 rings (SSSR count). The largest absolute Gasteiger partial charge is 0.497 e. The summed E-state index contributed by atoms with van der Waals surface area (Å²) in [4.78, 5) is 17.2. The van der Waals surface area contributed by atoms with Crippen molar-refractivity contribution in [1.82, 2.24) is 9.80 Å². The molecule has 0 bridgehead atoms. The molecule has 38 heavy (non-hydrogen) atoms. The number of benzene rings is 3. The normalized spacial score (nSPS) is 14.6. The highest BCUT2D eigenvalue weighted by Crippen LogP contribution is 2.29. The van der Waals surface area contributed by atoms with Gasteiger partial charge in [0.25, 0.3) is 0 Å². The minimum Gasteiger partial charge on any atom is -0.497 e. The minimum absolute atomic E-state index is 0.132. The van der Waals surface area contributed by atoms with Crippen molar-refractivity contribution in [2.75, 3.05) is 59.4 Å². The maximum absolute atomic E-state index is 13.0. The highest BCUT2D eigenvalue weighted by molar-refractivity contribution is 5.91. The van der Waals surface area contributed by atoms with Gasteiger partial charge < -0.3 is 29.2 Å². The first kappa shape index (κ1) is 27.3. The Morgan fingerprint density at radius 3 is 2.26 bits per heavy atom. The van der Waals surface area contributed by atoms with Gasteiger partial charge in [-0.15, -0.1) is 0 Å². The Labute approximate surface area is 225 Å². The lowest BCUT2D eigenvalue weighted by Gasteiger charge is -2.36. The molecule has 1 heterocycles. The fourth-order valence-electron chi connectivity index (χ4n) is 4.45. The van der Waals surface area contributed by atoms with Gasteiger partial charge in [-0.05, 0) is 42.3 Å². The standard InChI is InChI=1S/C30H37N3O5/c1-22-8-10-23(11-9-22)21-38-29(24-6-5-7-25(18-24)35-2)20-32-14-16-33(17-15-32)30(34)31-27-19-26(36-3)12-13-28(27)37-4/h5-13,18-19,29H,14-17,20-21H2,1-4H3,(H,31,34)/t29-/m0/s1. The number of piperazine rings is 1. The van der Waals surface area contributed by atoms with Crippen molar-refractivity contribution < 1.29 is 23.7 Å². The number of methoxy groups -OCH3 is 3. The van der Waals surface area contributed by atoms with Crippen LogP contribution in [0.15, 0.2) is 66.7 Å². The fourth-order valence-corrected chi connectivity index (χ4v) is 4.45. The number of aryl methyl sites for hydroxylation is 1. The van der Waals surface area contributed by atoms with Crippen LogP contribution < -0.4 is 19.5 Å². The topological polar surface area (TPSA) is 72.5 Å². The van der Waals surface area contributed by atoms with Crippen molar-refractivity contribution in [3.8, 4) is 17.2 Å². The first-order valence-corrected chi connectivity index (χ1v) is 12.8. The monoisotopic (exact) mass is 519 g/mol. The van der Waals surface area contributed by atoms with E-state index in [-0.39, 0.29) is 12.1 Å². The van der Waals surface area contributed by atoms with Crippen molar-refractivity contribution in [1.29, 1.82) is 0 Å². The Balaban J connectivity index is 1.38. The van der Waals surface area contributed by atoms with E-state index < -0.39 is 0 Å². The van der Waals surface area contributed by atoms with E-state index in [0.29, 0.717) is 36.9 Å². The summed E-state index contributed by atoms with van der Waals surface area (Å²) < 4.78 is 22.6. The fraction of sp³-hybridized carbons (Fsp3) is 0.367. The van der Waals surface area contributed by atoms with Crippen molar-refractivity contribution in [3.05, 3.63) is 83.4 Å². The maximum atomic E-state index is 13.0. The van der Waals surface area contributed by atoms with E-state index in [4.69, 9.17) is 18.9 Å². The molecular weight excluding hydrogens is 482 g/mol. The van der Waals surface area contributed by atoms with E-state index in [1.807, 2.05) is 23.1 Å². The second-order valence-electron chi connectivity index (χ2n) is 9.35. The lowest BCUT2D eigenvalue weighted by atomic mass is 10.1. The minimum atomic E-state index is -0.156. The van der Waals surface area contributed by atoms with Gasteiger partial charge in [-0.1, -0.05) is 42.0 Å². The third kappa shape index (κ3) is 7.18. The first-order chi connectivity index (χ1) is 18.5. The third-order valence-corrected chi connectivity index (χ3v) is 6.77. The van der Waals surface area contributed by atoms with Gasteiger partial charge >= 0.3 is 6.03 Å². The van der Waals surface area contributed by atoms with Crippen LogP contribution in [0, 0.1) is 6.92 Å². The summed E-state index contributed by atoms with van der Waals surface area (Å²) in [5.74, 6) is 2.05. The molecule has 1 aliphatic heterocycles. The van der Waals surface area contributed by atoms with E-state index in [1.165, 1.54) is 5.56 Å². The summed E-state index contributed by atoms with van der Waals surface area (Å²) >= 11 is 0. The Kier molecular flexibility index (Phi) is 9.46. The van der Waals surface area contributed by atoms with E-state index in [9.17, 15) is 4.79 Å². The van der Waals surface area contributed by atoms with Gasteiger partial charge in [-0.25, -0.2) is 4.79 Å². The molecule has 0 radical (unpaired) electrons. The highest BCUT2D eigenvalue weighted by atomic mass is 16.5. The van der Waals surface area contributed by atoms with Crippen molar-refractivity contribution in [2.24, 2.45) is 0 Å². The van der Waals surface area contributed by atoms with Crippen molar-refractivity contribution in [3.63, 3.8) is 0 Å². The predicted molar refractivity (Wildman–Crippen MR) is 148 cm³/mol. The van der Waals surface area contributed by atoms with Crippen LogP contribution in [0.1, 0.15) is 22.8 Å². The average Bonchev–Trinajstić information content (AvgIpc) is 2.96. The quantitative estimate of drug-likeness (QED) is 0.401. The molecule has 8 heteroatoms. The van der Waals surface area contributed by atoms with Gasteiger partial charge in [0.05, 0.1) is 39.7 Å². The third-order valence-electron chi connectivity index (χ3n) is 6.77. The van der Waals surface area contributed by atoms with Crippen LogP contribution in [0.5, 0.6) is 17.2 Å². The molecule has 3 aromatic rings. The Bertz CT molecular complexity index is 1190. The summed E-state index contributed by atoms with van der Waals surface area (Å²) in [6.45, 7) is 6.04. The summed E-state index contributed by atoms with van der Waals surface area (Å²) in [5.41, 5.74) is 4.02. The molecular formula is C30H37N3O5. The molecule has 1 N–H and O–H groups in total. The molecule has 0 aliphatic carbocycles. The molecule has 0 saturated carbocycles. The van der Waals surface area contributed by atoms with Gasteiger partial charge in [-0.3, -0.25) is 4.90 Å². The van der Waals surface area contributed by atoms with Crippen LogP contribution in [0.25, 0.3) is 0 Å². The molecule has 0 aromatic heterocycles. The van der Waals surface area contributed by atoms with Gasteiger partial charge in [-0.2, -0.15) is 0 Å². The van der Waals surface area contributed by atoms with Crippen LogP contribution in [-0.2, 0) is 11.3 Å². The molecule has 2 amide bonds. The smallest absolute Gasteiger partial charge is 0.322 e. The van der Waals surface area contributed by atoms with Crippen molar-refractivity contribution >= 4 is 11.7 Å². The predicted octanol–water partition coefficient (Wildman–Crippen LogP) is 5.13. The number of nitrogens with one attached hydrogen (secondary N) is 1. The zero-order valence-electron chi connectivity index (χ0n) is 22.6. The number of nitrogens with zero attached hydrogens (tertiary/aromatic N) is 2. The van der Waals surface area contributed by atoms with Crippen LogP contribution in [0.4, 0.5) is 10.5 Å². The molecule has 0 spiro atoms.